The lowest BCUT2D eigenvalue weighted by molar-refractivity contribution is -0.124. The Morgan fingerprint density at radius 3 is 2.23 bits per heavy atom. The summed E-state index contributed by atoms with van der Waals surface area (Å²) in [5.41, 5.74) is 8.47. The van der Waals surface area contributed by atoms with Gasteiger partial charge in [-0.2, -0.15) is 0 Å². The van der Waals surface area contributed by atoms with Gasteiger partial charge in [0.25, 0.3) is 11.8 Å². The minimum Gasteiger partial charge on any atom is -0.397 e. The molecule has 1 aliphatic heterocycles. The van der Waals surface area contributed by atoms with Crippen LogP contribution in [0.4, 0.5) is 11.4 Å². The molecule has 5 nitrogen and oxygen atoms in total. The molecule has 0 spiro atoms. The fourth-order valence-electron chi connectivity index (χ4n) is 3.82. The van der Waals surface area contributed by atoms with Crippen LogP contribution in [0.3, 0.4) is 0 Å². The van der Waals surface area contributed by atoms with Crippen LogP contribution in [0.25, 0.3) is 0 Å². The Morgan fingerprint density at radius 2 is 1.50 bits per heavy atom. The average molecular weight is 347 g/mol. The molecule has 2 aromatic carbocycles. The molecule has 1 fully saturated rings. The first-order valence-corrected chi connectivity index (χ1v) is 9.07. The van der Waals surface area contributed by atoms with Crippen molar-refractivity contribution in [3.63, 3.8) is 0 Å². The van der Waals surface area contributed by atoms with Crippen molar-refractivity contribution in [2.75, 3.05) is 5.73 Å². The minimum absolute atomic E-state index is 0.0459. The van der Waals surface area contributed by atoms with Crippen LogP contribution in [0, 0.1) is 0 Å². The van der Waals surface area contributed by atoms with Gasteiger partial charge in [0.15, 0.2) is 0 Å². The van der Waals surface area contributed by atoms with E-state index in [1.807, 2.05) is 24.3 Å². The summed E-state index contributed by atoms with van der Waals surface area (Å²) in [5, 5.41) is 0. The molecule has 1 aliphatic carbocycles. The van der Waals surface area contributed by atoms with Crippen LogP contribution in [0.5, 0.6) is 0 Å². The monoisotopic (exact) mass is 347 g/mol. The van der Waals surface area contributed by atoms with Crippen LogP contribution < -0.4 is 5.73 Å². The number of anilines is 1. The largest absolute Gasteiger partial charge is 0.397 e. The number of nitrogen functional groups attached to an aromatic ring is 1. The molecule has 4 rings (SSSR count). The number of hydrogen-bond acceptors (Lipinski definition) is 4. The highest BCUT2D eigenvalue weighted by molar-refractivity contribution is 6.51. The van der Waals surface area contributed by atoms with Gasteiger partial charge in [0.1, 0.15) is 5.71 Å². The molecule has 2 N–H and O–H groups in total. The Morgan fingerprint density at radius 1 is 0.846 bits per heavy atom. The number of rotatable bonds is 2. The molecule has 2 aliphatic rings. The minimum atomic E-state index is -0.316. The molecule has 0 atom stereocenters. The summed E-state index contributed by atoms with van der Waals surface area (Å²) in [7, 11) is 0. The molecule has 26 heavy (non-hydrogen) atoms. The van der Waals surface area contributed by atoms with Gasteiger partial charge in [-0.05, 0) is 31.0 Å². The zero-order valence-corrected chi connectivity index (χ0v) is 14.5. The van der Waals surface area contributed by atoms with Crippen LogP contribution in [0.15, 0.2) is 53.5 Å². The first kappa shape index (κ1) is 16.5. The number of amides is 2. The van der Waals surface area contributed by atoms with E-state index in [-0.39, 0.29) is 17.9 Å². The van der Waals surface area contributed by atoms with E-state index < -0.39 is 0 Å². The number of fused-ring (bicyclic) bond motifs is 1. The fourth-order valence-corrected chi connectivity index (χ4v) is 3.82. The summed E-state index contributed by atoms with van der Waals surface area (Å²) < 4.78 is 0. The smallest absolute Gasteiger partial charge is 0.280 e. The predicted molar refractivity (Wildman–Crippen MR) is 102 cm³/mol. The molecule has 5 heteroatoms. The average Bonchev–Trinajstić information content (AvgIpc) is 2.67. The third kappa shape index (κ3) is 2.79. The van der Waals surface area contributed by atoms with Crippen molar-refractivity contribution in [2.24, 2.45) is 4.99 Å². The summed E-state index contributed by atoms with van der Waals surface area (Å²) in [6.45, 7) is 0. The molecule has 2 amide bonds. The molecule has 0 bridgehead atoms. The van der Waals surface area contributed by atoms with Crippen molar-refractivity contribution >= 4 is 28.9 Å². The van der Waals surface area contributed by atoms with E-state index in [0.29, 0.717) is 28.2 Å². The van der Waals surface area contributed by atoms with Crippen molar-refractivity contribution < 1.29 is 9.59 Å². The van der Waals surface area contributed by atoms with E-state index in [1.54, 1.807) is 24.3 Å². The highest BCUT2D eigenvalue weighted by Crippen LogP contribution is 2.31. The fraction of sp³-hybridized carbons (Fsp3) is 0.286. The van der Waals surface area contributed by atoms with E-state index in [1.165, 1.54) is 4.90 Å². The number of para-hydroxylation sites is 2. The molecule has 0 aromatic heterocycles. The Hall–Kier alpha value is -2.95. The van der Waals surface area contributed by atoms with Gasteiger partial charge in [0, 0.05) is 17.2 Å². The second kappa shape index (κ2) is 6.75. The number of carbonyl (C=O) groups is 2. The molecule has 2 aromatic rings. The SMILES string of the molecule is Nc1ccccc1N=C1C(=O)N(C2CCCCC2)C(=O)c2ccccc21. The summed E-state index contributed by atoms with van der Waals surface area (Å²) in [5.74, 6) is -0.527. The van der Waals surface area contributed by atoms with Gasteiger partial charge in [0.05, 0.1) is 11.4 Å². The van der Waals surface area contributed by atoms with E-state index >= 15 is 0 Å². The number of benzene rings is 2. The number of nitrogens with two attached hydrogens (primary N) is 1. The first-order chi connectivity index (χ1) is 12.7. The molecular formula is C21H21N3O2. The van der Waals surface area contributed by atoms with E-state index in [4.69, 9.17) is 5.73 Å². The van der Waals surface area contributed by atoms with Gasteiger partial charge in [-0.1, -0.05) is 49.6 Å². The first-order valence-electron chi connectivity index (χ1n) is 9.07. The molecule has 1 heterocycles. The lowest BCUT2D eigenvalue weighted by Gasteiger charge is -2.36. The van der Waals surface area contributed by atoms with Crippen molar-refractivity contribution in [1.82, 2.24) is 4.90 Å². The van der Waals surface area contributed by atoms with E-state index in [0.717, 1.165) is 32.1 Å². The third-order valence-electron chi connectivity index (χ3n) is 5.16. The zero-order valence-electron chi connectivity index (χ0n) is 14.5. The Labute approximate surface area is 152 Å². The molecular weight excluding hydrogens is 326 g/mol. The molecule has 132 valence electrons. The van der Waals surface area contributed by atoms with Gasteiger partial charge in [0.2, 0.25) is 0 Å². The summed E-state index contributed by atoms with van der Waals surface area (Å²) in [4.78, 5) is 32.3. The number of hydrogen-bond donors (Lipinski definition) is 1. The van der Waals surface area contributed by atoms with Crippen LogP contribution >= 0.6 is 0 Å². The second-order valence-corrected chi connectivity index (χ2v) is 6.84. The van der Waals surface area contributed by atoms with Crippen molar-refractivity contribution in [1.29, 1.82) is 0 Å². The van der Waals surface area contributed by atoms with Crippen LogP contribution in [0.1, 0.15) is 48.0 Å². The summed E-state index contributed by atoms with van der Waals surface area (Å²) >= 11 is 0. The van der Waals surface area contributed by atoms with Gasteiger partial charge < -0.3 is 5.73 Å². The lowest BCUT2D eigenvalue weighted by Crippen LogP contribution is -2.52. The summed E-state index contributed by atoms with van der Waals surface area (Å²) in [6.07, 6.45) is 4.97. The normalized spacial score (nSPS) is 19.7. The summed E-state index contributed by atoms with van der Waals surface area (Å²) in [6, 6.07) is 14.3. The number of aliphatic imine (C=N–C) groups is 1. The Bertz CT molecular complexity index is 898. The molecule has 0 radical (unpaired) electrons. The maximum absolute atomic E-state index is 13.2. The second-order valence-electron chi connectivity index (χ2n) is 6.84. The zero-order chi connectivity index (χ0) is 18.1. The van der Waals surface area contributed by atoms with Crippen molar-refractivity contribution in [2.45, 2.75) is 38.1 Å². The highest BCUT2D eigenvalue weighted by atomic mass is 16.2. The van der Waals surface area contributed by atoms with Gasteiger partial charge >= 0.3 is 0 Å². The maximum Gasteiger partial charge on any atom is 0.280 e. The maximum atomic E-state index is 13.2. The van der Waals surface area contributed by atoms with E-state index in [2.05, 4.69) is 4.99 Å². The Kier molecular flexibility index (Phi) is 4.29. The lowest BCUT2D eigenvalue weighted by atomic mass is 9.89. The molecule has 1 saturated carbocycles. The number of nitrogens with zero attached hydrogens (tertiary/aromatic N) is 2. The van der Waals surface area contributed by atoms with Crippen molar-refractivity contribution in [3.05, 3.63) is 59.7 Å². The van der Waals surface area contributed by atoms with Gasteiger partial charge in [-0.15, -0.1) is 0 Å². The predicted octanol–water partition coefficient (Wildman–Crippen LogP) is 3.70. The van der Waals surface area contributed by atoms with Gasteiger partial charge in [-0.25, -0.2) is 4.99 Å². The topological polar surface area (TPSA) is 75.8 Å². The van der Waals surface area contributed by atoms with E-state index in [9.17, 15) is 9.59 Å². The quantitative estimate of drug-likeness (QED) is 0.665. The molecule has 0 saturated heterocycles. The molecule has 0 unspecified atom stereocenters. The van der Waals surface area contributed by atoms with Gasteiger partial charge in [-0.3, -0.25) is 14.5 Å². The van der Waals surface area contributed by atoms with Crippen molar-refractivity contribution in [3.8, 4) is 0 Å². The van der Waals surface area contributed by atoms with Crippen LogP contribution in [-0.2, 0) is 4.79 Å². The Balaban J connectivity index is 1.84. The number of carbonyl (C=O) groups excluding carboxylic acids is 2. The standard InChI is InChI=1S/C21H21N3O2/c22-17-12-6-7-13-18(17)23-19-15-10-4-5-11-16(15)20(25)24(21(19)26)14-8-2-1-3-9-14/h4-7,10-14H,1-3,8-9,22H2. The van der Waals surface area contributed by atoms with Crippen LogP contribution in [0.2, 0.25) is 0 Å². The van der Waals surface area contributed by atoms with Crippen LogP contribution in [-0.4, -0.2) is 28.5 Å². The third-order valence-corrected chi connectivity index (χ3v) is 5.16. The number of imide groups is 1. The highest BCUT2D eigenvalue weighted by Gasteiger charge is 2.40.